The highest BCUT2D eigenvalue weighted by Crippen LogP contribution is 2.60. The van der Waals surface area contributed by atoms with Crippen LogP contribution in [-0.2, 0) is 31.1 Å². The Kier molecular flexibility index (Phi) is 6.86. The molecule has 2 saturated heterocycles. The number of halogens is 1. The average molecular weight is 580 g/mol. The van der Waals surface area contributed by atoms with E-state index in [4.69, 9.17) is 4.74 Å². The van der Waals surface area contributed by atoms with Gasteiger partial charge < -0.3 is 23.8 Å². The third kappa shape index (κ3) is 4.25. The first-order valence-corrected chi connectivity index (χ1v) is 17.5. The average Bonchev–Trinajstić information content (AvgIpc) is 3.59. The van der Waals surface area contributed by atoms with Gasteiger partial charge in [-0.1, -0.05) is 25.1 Å². The molecule has 218 valence electrons. The number of para-hydroxylation sites is 1. The van der Waals surface area contributed by atoms with E-state index in [1.54, 1.807) is 34.8 Å². The van der Waals surface area contributed by atoms with Gasteiger partial charge in [0.05, 0.1) is 36.5 Å². The Labute approximate surface area is 241 Å². The molecule has 1 spiro atoms. The first-order valence-electron chi connectivity index (χ1n) is 14.6. The molecule has 41 heavy (non-hydrogen) atoms. The lowest BCUT2D eigenvalue weighted by Crippen LogP contribution is -2.44. The van der Waals surface area contributed by atoms with Gasteiger partial charge in [0.25, 0.3) is 5.91 Å². The summed E-state index contributed by atoms with van der Waals surface area (Å²) in [5.41, 5.74) is 1.73. The summed E-state index contributed by atoms with van der Waals surface area (Å²) in [6, 6.07) is 13.1. The number of likely N-dealkylation sites (N-methyl/N-ethyl adjacent to an activating group) is 1. The van der Waals surface area contributed by atoms with Crippen LogP contribution in [0.25, 0.3) is 0 Å². The third-order valence-corrected chi connectivity index (χ3v) is 12.2. The maximum Gasteiger partial charge on any atom is 0.264 e. The number of nitrogens with zero attached hydrogens (tertiary/aromatic N) is 3. The van der Waals surface area contributed by atoms with Crippen LogP contribution in [-0.4, -0.2) is 68.5 Å². The molecular formula is C31H38FN3O5Si. The Balaban J connectivity index is 1.42. The van der Waals surface area contributed by atoms with E-state index in [0.29, 0.717) is 36.3 Å². The first kappa shape index (κ1) is 28.1. The number of amides is 3. The number of carbonyl (C=O) groups excluding carboxylic acids is 3. The quantitative estimate of drug-likeness (QED) is 0.418. The molecule has 2 aromatic carbocycles. The molecule has 0 saturated carbocycles. The van der Waals surface area contributed by atoms with Crippen molar-refractivity contribution in [2.75, 3.05) is 30.0 Å². The van der Waals surface area contributed by atoms with E-state index in [-0.39, 0.29) is 36.8 Å². The zero-order valence-corrected chi connectivity index (χ0v) is 25.1. The molecule has 0 bridgehead atoms. The smallest absolute Gasteiger partial charge is 0.264 e. The van der Waals surface area contributed by atoms with Gasteiger partial charge in [0, 0.05) is 42.7 Å². The van der Waals surface area contributed by atoms with Gasteiger partial charge in [-0.25, -0.2) is 0 Å². The van der Waals surface area contributed by atoms with Crippen LogP contribution in [0.1, 0.15) is 43.7 Å². The Morgan fingerprint density at radius 2 is 1.90 bits per heavy atom. The summed E-state index contributed by atoms with van der Waals surface area (Å²) in [5.74, 6) is -1.02. The summed E-state index contributed by atoms with van der Waals surface area (Å²) in [7, 11) is -1.74. The Hall–Kier alpha value is -3.08. The van der Waals surface area contributed by atoms with E-state index >= 15 is 4.11 Å². The maximum atomic E-state index is 16.1. The molecule has 2 aromatic rings. The predicted octanol–water partition coefficient (Wildman–Crippen LogP) is 4.42. The molecule has 1 N–H and O–H groups in total. The van der Waals surface area contributed by atoms with Crippen LogP contribution < -0.4 is 9.80 Å². The number of fused-ring (bicyclic) bond motifs is 3. The second kappa shape index (κ2) is 10.0. The number of anilines is 3. The maximum absolute atomic E-state index is 16.1. The summed E-state index contributed by atoms with van der Waals surface area (Å²) in [5, 5.41) is 9.77. The van der Waals surface area contributed by atoms with Crippen molar-refractivity contribution in [1.82, 2.24) is 4.90 Å². The largest absolute Gasteiger partial charge is 0.394 e. The van der Waals surface area contributed by atoms with Gasteiger partial charge in [0.1, 0.15) is 0 Å². The van der Waals surface area contributed by atoms with Gasteiger partial charge in [-0.15, -0.1) is 0 Å². The molecule has 8 nitrogen and oxygen atoms in total. The summed E-state index contributed by atoms with van der Waals surface area (Å²) in [6.45, 7) is 5.54. The minimum absolute atomic E-state index is 0.0292. The van der Waals surface area contributed by atoms with Crippen LogP contribution in [0.15, 0.2) is 42.5 Å². The van der Waals surface area contributed by atoms with Gasteiger partial charge in [-0.3, -0.25) is 19.3 Å². The fourth-order valence-electron chi connectivity index (χ4n) is 7.83. The third-order valence-electron chi connectivity index (χ3n) is 9.71. The fourth-order valence-corrected chi connectivity index (χ4v) is 10.3. The highest BCUT2D eigenvalue weighted by molar-refractivity contribution is 6.72. The van der Waals surface area contributed by atoms with E-state index in [2.05, 4.69) is 0 Å². The van der Waals surface area contributed by atoms with Crippen molar-refractivity contribution in [2.24, 2.45) is 5.92 Å². The van der Waals surface area contributed by atoms with Crippen LogP contribution in [0.5, 0.6) is 0 Å². The summed E-state index contributed by atoms with van der Waals surface area (Å²) < 4.78 is 22.8. The molecule has 2 fully saturated rings. The Bertz CT molecular complexity index is 1410. The molecule has 3 amide bonds. The summed E-state index contributed by atoms with van der Waals surface area (Å²) in [4.78, 5) is 45.7. The fraction of sp³-hybridized carbons (Fsp3) is 0.516. The van der Waals surface area contributed by atoms with E-state index in [0.717, 1.165) is 24.1 Å². The standard InChI is InChI=1S/C31H38FN3O5Si/c1-19-29(41(3,4)32)26(17-28(38)34-15-7-9-22(34)18-36)40-31(19)23-16-21(12-13-25(23)33(2)30(31)39)35-24-10-6-5-8-20(24)11-14-27(35)37/h5-6,8,10,12-13,16,19,22,26,29,36H,7,9,11,14-15,17-18H2,1-4H3/t19-,22+,26+,29-,31+/m1/s1. The van der Waals surface area contributed by atoms with Crippen molar-refractivity contribution in [3.63, 3.8) is 0 Å². The predicted molar refractivity (Wildman–Crippen MR) is 156 cm³/mol. The first-order chi connectivity index (χ1) is 19.5. The lowest BCUT2D eigenvalue weighted by molar-refractivity contribution is -0.149. The van der Waals surface area contributed by atoms with Gasteiger partial charge in [-0.2, -0.15) is 0 Å². The number of aliphatic hydroxyl groups is 1. The Morgan fingerprint density at radius 1 is 1.15 bits per heavy atom. The number of ether oxygens (including phenoxy) is 1. The molecule has 4 heterocycles. The van der Waals surface area contributed by atoms with Gasteiger partial charge in [0.15, 0.2) is 5.60 Å². The van der Waals surface area contributed by atoms with Crippen LogP contribution >= 0.6 is 0 Å². The summed E-state index contributed by atoms with van der Waals surface area (Å²) >= 11 is 0. The number of hydrogen-bond acceptors (Lipinski definition) is 5. The molecule has 0 aliphatic carbocycles. The highest BCUT2D eigenvalue weighted by atomic mass is 28.4. The zero-order chi connectivity index (χ0) is 29.3. The molecule has 0 unspecified atom stereocenters. The van der Waals surface area contributed by atoms with Gasteiger partial charge in [0.2, 0.25) is 20.2 Å². The van der Waals surface area contributed by atoms with Crippen LogP contribution in [0.3, 0.4) is 0 Å². The lowest BCUT2D eigenvalue weighted by atomic mass is 9.82. The number of aliphatic hydroxyl groups excluding tert-OH is 1. The number of rotatable bonds is 5. The minimum Gasteiger partial charge on any atom is -0.394 e. The number of hydrogen-bond donors (Lipinski definition) is 1. The lowest BCUT2D eigenvalue weighted by Gasteiger charge is -2.32. The molecule has 0 aromatic heterocycles. The van der Waals surface area contributed by atoms with Crippen LogP contribution in [0, 0.1) is 5.92 Å². The normalized spacial score (nSPS) is 29.5. The molecule has 0 radical (unpaired) electrons. The van der Waals surface area contributed by atoms with Crippen molar-refractivity contribution in [3.05, 3.63) is 53.6 Å². The molecule has 6 rings (SSSR count). The van der Waals surface area contributed by atoms with E-state index in [1.165, 1.54) is 0 Å². The topological polar surface area (TPSA) is 90.4 Å². The molecule has 4 aliphatic heterocycles. The zero-order valence-electron chi connectivity index (χ0n) is 24.1. The monoisotopic (exact) mass is 579 g/mol. The van der Waals surface area contributed by atoms with Gasteiger partial charge >= 0.3 is 0 Å². The van der Waals surface area contributed by atoms with Crippen molar-refractivity contribution in [3.8, 4) is 0 Å². The minimum atomic E-state index is -3.43. The van der Waals surface area contributed by atoms with Crippen molar-refractivity contribution in [1.29, 1.82) is 0 Å². The van der Waals surface area contributed by atoms with E-state index in [9.17, 15) is 19.5 Å². The molecular weight excluding hydrogens is 541 g/mol. The molecule has 10 heteroatoms. The second-order valence-corrected chi connectivity index (χ2v) is 16.3. The summed E-state index contributed by atoms with van der Waals surface area (Å²) in [6.07, 6.45) is 1.77. The number of likely N-dealkylation sites (tertiary alicyclic amines) is 1. The Morgan fingerprint density at radius 3 is 2.63 bits per heavy atom. The van der Waals surface area contributed by atoms with Gasteiger partial charge in [-0.05, 0) is 62.2 Å². The van der Waals surface area contributed by atoms with Crippen molar-refractivity contribution < 1.29 is 28.3 Å². The van der Waals surface area contributed by atoms with Crippen LogP contribution in [0.4, 0.5) is 21.2 Å². The number of carbonyl (C=O) groups is 3. The van der Waals surface area contributed by atoms with Crippen molar-refractivity contribution in [2.45, 2.75) is 75.4 Å². The molecule has 5 atom stereocenters. The van der Waals surface area contributed by atoms with Crippen LogP contribution in [0.2, 0.25) is 18.6 Å². The second-order valence-electron chi connectivity index (χ2n) is 12.5. The highest BCUT2D eigenvalue weighted by Gasteiger charge is 2.66. The molecule has 4 aliphatic rings. The van der Waals surface area contributed by atoms with E-state index < -0.39 is 31.6 Å². The SMILES string of the molecule is C[C@@H]1[C@@H]([Si](C)(C)F)[C@H](CC(=O)N2CCC[C@H]2CO)O[C@@]12C(=O)N(C)c1ccc(N3C(=O)CCc4ccccc43)cc12. The number of benzene rings is 2. The number of aryl methyl sites for hydroxylation is 1. The van der Waals surface area contributed by atoms with E-state index in [1.807, 2.05) is 49.4 Å². The van der Waals surface area contributed by atoms with Crippen molar-refractivity contribution >= 4 is 43.2 Å².